The maximum absolute atomic E-state index is 12.2. The van der Waals surface area contributed by atoms with Gasteiger partial charge >= 0.3 is 5.97 Å². The summed E-state index contributed by atoms with van der Waals surface area (Å²) in [6.45, 7) is 6.06. The van der Waals surface area contributed by atoms with E-state index in [1.807, 2.05) is 6.92 Å². The average molecular weight is 401 g/mol. The summed E-state index contributed by atoms with van der Waals surface area (Å²) in [4.78, 5) is 12.2. The SMILES string of the molecule is CCn1cc(NC(=S)Nc2cc(Cl)ccc2Cl)c(C(=O)OC(C)C)n1. The van der Waals surface area contributed by atoms with Crippen molar-refractivity contribution in [1.29, 1.82) is 0 Å². The largest absolute Gasteiger partial charge is 0.458 e. The third-order valence-corrected chi connectivity index (χ3v) is 3.82. The number of aromatic nitrogens is 2. The Labute approximate surface area is 161 Å². The smallest absolute Gasteiger partial charge is 0.361 e. The van der Waals surface area contributed by atoms with E-state index in [4.69, 9.17) is 40.2 Å². The molecule has 2 N–H and O–H groups in total. The number of halogens is 2. The lowest BCUT2D eigenvalue weighted by Crippen LogP contribution is -2.21. The minimum Gasteiger partial charge on any atom is -0.458 e. The van der Waals surface area contributed by atoms with Gasteiger partial charge in [-0.2, -0.15) is 5.10 Å². The zero-order valence-electron chi connectivity index (χ0n) is 14.0. The van der Waals surface area contributed by atoms with Crippen molar-refractivity contribution in [2.24, 2.45) is 0 Å². The molecule has 25 heavy (non-hydrogen) atoms. The Bertz CT molecular complexity index is 792. The van der Waals surface area contributed by atoms with Crippen LogP contribution in [0.15, 0.2) is 24.4 Å². The molecule has 134 valence electrons. The molecule has 0 radical (unpaired) electrons. The van der Waals surface area contributed by atoms with E-state index in [2.05, 4.69) is 15.7 Å². The molecule has 0 aliphatic rings. The Kier molecular flexibility index (Phi) is 6.64. The lowest BCUT2D eigenvalue weighted by Gasteiger charge is -2.12. The van der Waals surface area contributed by atoms with E-state index in [0.717, 1.165) is 0 Å². The van der Waals surface area contributed by atoms with Gasteiger partial charge in [-0.05, 0) is 51.2 Å². The Morgan fingerprint density at radius 1 is 1.32 bits per heavy atom. The highest BCUT2D eigenvalue weighted by Gasteiger charge is 2.20. The van der Waals surface area contributed by atoms with Crippen LogP contribution in [0.25, 0.3) is 0 Å². The third kappa shape index (κ3) is 5.32. The fourth-order valence-electron chi connectivity index (χ4n) is 1.96. The monoisotopic (exact) mass is 400 g/mol. The summed E-state index contributed by atoms with van der Waals surface area (Å²) >= 11 is 17.4. The van der Waals surface area contributed by atoms with Crippen molar-refractivity contribution in [3.8, 4) is 0 Å². The number of esters is 1. The first-order valence-corrected chi connectivity index (χ1v) is 8.78. The van der Waals surface area contributed by atoms with Crippen molar-refractivity contribution in [2.45, 2.75) is 33.4 Å². The number of carbonyl (C=O) groups excluding carboxylic acids is 1. The molecule has 1 aromatic carbocycles. The highest BCUT2D eigenvalue weighted by atomic mass is 35.5. The van der Waals surface area contributed by atoms with Crippen LogP contribution >= 0.6 is 35.4 Å². The molecule has 0 spiro atoms. The van der Waals surface area contributed by atoms with Crippen molar-refractivity contribution < 1.29 is 9.53 Å². The van der Waals surface area contributed by atoms with Gasteiger partial charge in [0, 0.05) is 17.8 Å². The number of carbonyl (C=O) groups is 1. The highest BCUT2D eigenvalue weighted by Crippen LogP contribution is 2.26. The van der Waals surface area contributed by atoms with Gasteiger partial charge < -0.3 is 15.4 Å². The topological polar surface area (TPSA) is 68.2 Å². The molecule has 6 nitrogen and oxygen atoms in total. The van der Waals surface area contributed by atoms with Gasteiger partial charge in [0.15, 0.2) is 10.8 Å². The van der Waals surface area contributed by atoms with Crippen LogP contribution in [-0.4, -0.2) is 27.0 Å². The first kappa shape index (κ1) is 19.5. The van der Waals surface area contributed by atoms with E-state index >= 15 is 0 Å². The van der Waals surface area contributed by atoms with Crippen LogP contribution in [0.3, 0.4) is 0 Å². The Balaban J connectivity index is 2.18. The lowest BCUT2D eigenvalue weighted by molar-refractivity contribution is 0.0371. The second kappa shape index (κ2) is 8.51. The average Bonchev–Trinajstić information content (AvgIpc) is 2.93. The number of hydrogen-bond acceptors (Lipinski definition) is 4. The Morgan fingerprint density at radius 2 is 2.00 bits per heavy atom. The van der Waals surface area contributed by atoms with Crippen LogP contribution in [0.5, 0.6) is 0 Å². The quantitative estimate of drug-likeness (QED) is 0.565. The van der Waals surface area contributed by atoms with Crippen LogP contribution in [0.1, 0.15) is 31.3 Å². The predicted molar refractivity (Wildman–Crippen MR) is 105 cm³/mol. The Hall–Kier alpha value is -1.83. The first-order valence-electron chi connectivity index (χ1n) is 7.61. The number of aryl methyl sites for hydroxylation is 1. The van der Waals surface area contributed by atoms with Gasteiger partial charge in [0.1, 0.15) is 0 Å². The van der Waals surface area contributed by atoms with E-state index in [1.165, 1.54) is 0 Å². The standard InChI is InChI=1S/C16H18Cl2N4O2S/c1-4-22-8-13(14(21-22)15(23)24-9(2)3)20-16(25)19-12-7-10(17)5-6-11(12)18/h5-9H,4H2,1-3H3,(H2,19,20,25). The van der Waals surface area contributed by atoms with Crippen molar-refractivity contribution >= 4 is 57.9 Å². The molecular weight excluding hydrogens is 383 g/mol. The van der Waals surface area contributed by atoms with Crippen LogP contribution < -0.4 is 10.6 Å². The molecule has 0 atom stereocenters. The van der Waals surface area contributed by atoms with Gasteiger partial charge in [-0.25, -0.2) is 4.79 Å². The number of nitrogens with one attached hydrogen (secondary N) is 2. The normalized spacial score (nSPS) is 10.6. The van der Waals surface area contributed by atoms with Gasteiger partial charge in [0.25, 0.3) is 0 Å². The number of nitrogens with zero attached hydrogens (tertiary/aromatic N) is 2. The molecular formula is C16H18Cl2N4O2S. The minimum absolute atomic E-state index is 0.164. The molecule has 0 fully saturated rings. The number of rotatable bonds is 5. The fraction of sp³-hybridized carbons (Fsp3) is 0.312. The van der Waals surface area contributed by atoms with Gasteiger partial charge in [0.2, 0.25) is 0 Å². The van der Waals surface area contributed by atoms with E-state index < -0.39 is 5.97 Å². The molecule has 0 saturated carbocycles. The number of anilines is 2. The van der Waals surface area contributed by atoms with Gasteiger partial charge in [0.05, 0.1) is 22.5 Å². The maximum atomic E-state index is 12.2. The van der Waals surface area contributed by atoms with E-state index in [1.54, 1.807) is 42.9 Å². The number of ether oxygens (including phenoxy) is 1. The van der Waals surface area contributed by atoms with Gasteiger partial charge in [-0.15, -0.1) is 0 Å². The van der Waals surface area contributed by atoms with E-state index in [9.17, 15) is 4.79 Å². The molecule has 1 heterocycles. The third-order valence-electron chi connectivity index (χ3n) is 3.05. The Morgan fingerprint density at radius 3 is 2.64 bits per heavy atom. The second-order valence-corrected chi connectivity index (χ2v) is 6.66. The summed E-state index contributed by atoms with van der Waals surface area (Å²) in [6.07, 6.45) is 1.44. The van der Waals surface area contributed by atoms with Crippen molar-refractivity contribution in [3.05, 3.63) is 40.1 Å². The molecule has 2 aromatic rings. The highest BCUT2D eigenvalue weighted by molar-refractivity contribution is 7.80. The molecule has 1 aromatic heterocycles. The second-order valence-electron chi connectivity index (χ2n) is 5.40. The van der Waals surface area contributed by atoms with Crippen molar-refractivity contribution in [3.63, 3.8) is 0 Å². The van der Waals surface area contributed by atoms with E-state index in [0.29, 0.717) is 28.0 Å². The molecule has 9 heteroatoms. The summed E-state index contributed by atoms with van der Waals surface area (Å²) in [5, 5.41) is 11.4. The molecule has 0 bridgehead atoms. The first-order chi connectivity index (χ1) is 11.8. The molecule has 0 unspecified atom stereocenters. The summed E-state index contributed by atoms with van der Waals surface area (Å²) in [5.74, 6) is -0.520. The molecule has 2 rings (SSSR count). The zero-order valence-corrected chi connectivity index (χ0v) is 16.3. The summed E-state index contributed by atoms with van der Waals surface area (Å²) in [7, 11) is 0. The van der Waals surface area contributed by atoms with Crippen LogP contribution in [0.4, 0.5) is 11.4 Å². The van der Waals surface area contributed by atoms with Crippen LogP contribution in [0, 0.1) is 0 Å². The minimum atomic E-state index is -0.520. The predicted octanol–water partition coefficient (Wildman–Crippen LogP) is 4.58. The summed E-state index contributed by atoms with van der Waals surface area (Å²) in [5.41, 5.74) is 1.17. The molecule has 0 aliphatic heterocycles. The number of benzene rings is 1. The summed E-state index contributed by atoms with van der Waals surface area (Å²) in [6, 6.07) is 4.99. The van der Waals surface area contributed by atoms with Crippen molar-refractivity contribution in [1.82, 2.24) is 9.78 Å². The fourth-order valence-corrected chi connectivity index (χ4v) is 2.52. The zero-order chi connectivity index (χ0) is 18.6. The van der Waals surface area contributed by atoms with Crippen LogP contribution in [-0.2, 0) is 11.3 Å². The lowest BCUT2D eigenvalue weighted by atomic mass is 10.3. The molecule has 0 saturated heterocycles. The summed E-state index contributed by atoms with van der Waals surface area (Å²) < 4.78 is 6.83. The number of hydrogen-bond donors (Lipinski definition) is 2. The van der Waals surface area contributed by atoms with Gasteiger partial charge in [-0.3, -0.25) is 4.68 Å². The maximum Gasteiger partial charge on any atom is 0.361 e. The van der Waals surface area contributed by atoms with Gasteiger partial charge in [-0.1, -0.05) is 23.2 Å². The van der Waals surface area contributed by atoms with E-state index in [-0.39, 0.29) is 16.9 Å². The van der Waals surface area contributed by atoms with Crippen LogP contribution in [0.2, 0.25) is 10.0 Å². The van der Waals surface area contributed by atoms with Crippen molar-refractivity contribution in [2.75, 3.05) is 10.6 Å². The molecule has 0 amide bonds. The number of thiocarbonyl (C=S) groups is 1. The molecule has 0 aliphatic carbocycles.